The Kier molecular flexibility index (Phi) is 10.4. The van der Waals surface area contributed by atoms with Crippen LogP contribution in [0.4, 0.5) is 11.4 Å². The summed E-state index contributed by atoms with van der Waals surface area (Å²) in [5.74, 6) is -0.815. The summed E-state index contributed by atoms with van der Waals surface area (Å²) < 4.78 is 72.6. The average Bonchev–Trinajstić information content (AvgIpc) is 3.68. The monoisotopic (exact) mass is 674 g/mol. The van der Waals surface area contributed by atoms with Crippen molar-refractivity contribution >= 4 is 77.2 Å². The molecule has 2 aliphatic heterocycles. The summed E-state index contributed by atoms with van der Waals surface area (Å²) in [7, 11) is -8.59. The fourth-order valence-corrected chi connectivity index (χ4v) is 8.55. The molecule has 1 aromatic carbocycles. The average molecular weight is 675 g/mol. The molecule has 5 rings (SSSR count). The largest absolute Gasteiger partial charge is 0.748 e. The van der Waals surface area contributed by atoms with E-state index in [-0.39, 0.29) is 18.6 Å². The lowest BCUT2D eigenvalue weighted by atomic mass is 10.1. The number of thiazole rings is 1. The van der Waals surface area contributed by atoms with Crippen LogP contribution in [0.15, 0.2) is 70.5 Å². The first-order valence-corrected chi connectivity index (χ1v) is 19.2. The van der Waals surface area contributed by atoms with Crippen LogP contribution in [0, 0.1) is 0 Å². The lowest BCUT2D eigenvalue weighted by Crippen LogP contribution is -2.36. The zero-order valence-electron chi connectivity index (χ0n) is 24.3. The van der Waals surface area contributed by atoms with Crippen molar-refractivity contribution in [2.24, 2.45) is 0 Å². The number of fused-ring (bicyclic) bond motifs is 2. The predicted molar refractivity (Wildman–Crippen MR) is 173 cm³/mol. The van der Waals surface area contributed by atoms with Gasteiger partial charge in [-0.15, -0.1) is 0 Å². The summed E-state index contributed by atoms with van der Waals surface area (Å²) in [6.45, 7) is 3.05. The molecule has 0 fully saturated rings. The van der Waals surface area contributed by atoms with Crippen LogP contribution in [-0.2, 0) is 26.8 Å². The van der Waals surface area contributed by atoms with Gasteiger partial charge in [-0.2, -0.15) is 9.14 Å². The molecule has 0 N–H and O–H groups in total. The molecule has 4 heterocycles. The third kappa shape index (κ3) is 8.43. The number of nitrogens with zero attached hydrogens (tertiary/aromatic N) is 4. The first kappa shape index (κ1) is 32.5. The number of aryl methyl sites for hydroxylation is 1. The van der Waals surface area contributed by atoms with Gasteiger partial charge in [0.2, 0.25) is 11.2 Å². The number of aromatic nitrogens is 2. The molecular weight excluding hydrogens is 641 g/mol. The van der Waals surface area contributed by atoms with Crippen molar-refractivity contribution in [2.75, 3.05) is 23.0 Å². The van der Waals surface area contributed by atoms with E-state index in [0.29, 0.717) is 19.5 Å². The molecule has 0 amide bonds. The number of thioether (sulfide) groups is 1. The second-order valence-electron chi connectivity index (χ2n) is 10.6. The number of anilines is 1. The second-order valence-corrected chi connectivity index (χ2v) is 15.8. The maximum absolute atomic E-state index is 11.3. The molecule has 0 saturated heterocycles. The van der Waals surface area contributed by atoms with Crippen LogP contribution in [0.3, 0.4) is 0 Å². The van der Waals surface area contributed by atoms with Crippen molar-refractivity contribution in [1.29, 1.82) is 0 Å². The highest BCUT2D eigenvalue weighted by Crippen LogP contribution is 2.48. The fourth-order valence-electron chi connectivity index (χ4n) is 5.23. The van der Waals surface area contributed by atoms with Crippen molar-refractivity contribution < 1.29 is 35.1 Å². The zero-order valence-corrected chi connectivity index (χ0v) is 27.6. The molecule has 14 heteroatoms. The predicted octanol–water partition coefficient (Wildman–Crippen LogP) is 5.11. The molecule has 0 unspecified atom stereocenters. The molecule has 2 aromatic heterocycles. The van der Waals surface area contributed by atoms with E-state index >= 15 is 0 Å². The zero-order chi connectivity index (χ0) is 31.3. The Morgan fingerprint density at radius 3 is 2.61 bits per heavy atom. The molecular formula is C30H34N4O6S4. The fraction of sp³-hybridized carbons (Fsp3) is 0.367. The Hall–Kier alpha value is -2.88. The molecule has 0 radical (unpaired) electrons. The first-order chi connectivity index (χ1) is 21.0. The van der Waals surface area contributed by atoms with Gasteiger partial charge in [0.05, 0.1) is 37.1 Å². The summed E-state index contributed by atoms with van der Waals surface area (Å²) in [6.07, 6.45) is 17.6. The Morgan fingerprint density at radius 1 is 1.09 bits per heavy atom. The summed E-state index contributed by atoms with van der Waals surface area (Å²) in [4.78, 5) is 7.54. The van der Waals surface area contributed by atoms with E-state index in [1.807, 2.05) is 16.8 Å². The number of pyridine rings is 1. The second kappa shape index (κ2) is 14.0. The molecule has 44 heavy (non-hydrogen) atoms. The van der Waals surface area contributed by atoms with Crippen LogP contribution < -0.4 is 9.47 Å². The first-order valence-electron chi connectivity index (χ1n) is 14.4. The van der Waals surface area contributed by atoms with E-state index in [1.165, 1.54) is 0 Å². The summed E-state index contributed by atoms with van der Waals surface area (Å²) in [5.41, 5.74) is 4.09. The highest BCUT2D eigenvalue weighted by molar-refractivity contribution is 8.03. The standard InChI is InChI=1S/C30H34N4O6S4/c1-2-8-23(19-29-33(16-7-18-44(38,39)40)25-11-12-31-22-28(25)42-29)20-30-34(15-5-6-17-43(35,36)37)26-21-24(9-10-27(26)41-30)32-13-3-4-14-32/h3,9-14,19-22H,2,4-8,15-18H2,1H3. The van der Waals surface area contributed by atoms with E-state index in [2.05, 4.69) is 64.0 Å². The van der Waals surface area contributed by atoms with E-state index in [4.69, 9.17) is 0 Å². The van der Waals surface area contributed by atoms with Gasteiger partial charge < -0.3 is 14.0 Å². The van der Waals surface area contributed by atoms with E-state index in [0.717, 1.165) is 61.4 Å². The molecule has 2 aliphatic rings. The molecule has 0 bridgehead atoms. The number of allylic oxidation sites excluding steroid dienone is 3. The number of hydrogen-bond acceptors (Lipinski definition) is 10. The Morgan fingerprint density at radius 2 is 1.89 bits per heavy atom. The lowest BCUT2D eigenvalue weighted by Gasteiger charge is -2.21. The van der Waals surface area contributed by atoms with Crippen LogP contribution in [0.2, 0.25) is 0 Å². The highest BCUT2D eigenvalue weighted by atomic mass is 32.2. The van der Waals surface area contributed by atoms with E-state index < -0.39 is 26.0 Å². The van der Waals surface area contributed by atoms with Gasteiger partial charge in [0.1, 0.15) is 4.70 Å². The van der Waals surface area contributed by atoms with Crippen LogP contribution in [0.25, 0.3) is 16.3 Å². The van der Waals surface area contributed by atoms with Gasteiger partial charge in [0.15, 0.2) is 19.0 Å². The minimum atomic E-state index is -4.31. The third-order valence-electron chi connectivity index (χ3n) is 7.21. The van der Waals surface area contributed by atoms with Crippen LogP contribution in [-0.4, -0.2) is 59.8 Å². The molecule has 0 saturated carbocycles. The number of unbranched alkanes of at least 4 members (excludes halogenated alkanes) is 1. The minimum Gasteiger partial charge on any atom is -0.748 e. The third-order valence-corrected chi connectivity index (χ3v) is 11.0. The minimum absolute atomic E-state index is 0.208. The number of hydrogen-bond donors (Lipinski definition) is 0. The maximum Gasteiger partial charge on any atom is 0.263 e. The molecule has 10 nitrogen and oxygen atoms in total. The van der Waals surface area contributed by atoms with Gasteiger partial charge in [-0.3, -0.25) is 4.98 Å². The molecule has 0 aliphatic carbocycles. The van der Waals surface area contributed by atoms with Crippen molar-refractivity contribution in [3.05, 3.63) is 70.6 Å². The van der Waals surface area contributed by atoms with Crippen LogP contribution in [0.5, 0.6) is 0 Å². The summed E-state index contributed by atoms with van der Waals surface area (Å²) in [5, 5.41) is 1.94. The van der Waals surface area contributed by atoms with Gasteiger partial charge in [0, 0.05) is 66.3 Å². The van der Waals surface area contributed by atoms with Gasteiger partial charge >= 0.3 is 0 Å². The van der Waals surface area contributed by atoms with Crippen molar-refractivity contribution in [2.45, 2.75) is 56.9 Å². The van der Waals surface area contributed by atoms with Crippen LogP contribution in [0.1, 0.15) is 50.5 Å². The number of rotatable bonds is 14. The molecule has 3 aromatic rings. The smallest absolute Gasteiger partial charge is 0.263 e. The van der Waals surface area contributed by atoms with E-state index in [9.17, 15) is 25.9 Å². The van der Waals surface area contributed by atoms with Gasteiger partial charge in [-0.1, -0.05) is 36.4 Å². The number of benzene rings is 1. The maximum atomic E-state index is 11.3. The highest BCUT2D eigenvalue weighted by Gasteiger charge is 2.28. The lowest BCUT2D eigenvalue weighted by molar-refractivity contribution is -0.668. The molecule has 0 atom stereocenters. The van der Waals surface area contributed by atoms with Crippen molar-refractivity contribution in [1.82, 2.24) is 4.98 Å². The van der Waals surface area contributed by atoms with Crippen molar-refractivity contribution in [3.8, 4) is 0 Å². The summed E-state index contributed by atoms with van der Waals surface area (Å²) in [6, 6.07) is 8.22. The van der Waals surface area contributed by atoms with Crippen molar-refractivity contribution in [3.63, 3.8) is 0 Å². The molecule has 234 valence electrons. The van der Waals surface area contributed by atoms with Gasteiger partial charge in [0.25, 0.3) is 5.01 Å². The Balaban J connectivity index is 1.50. The quantitative estimate of drug-likeness (QED) is 0.130. The Bertz CT molecular complexity index is 1880. The normalized spacial score (nSPS) is 16.3. The van der Waals surface area contributed by atoms with Gasteiger partial charge in [-0.05, 0) is 43.1 Å². The van der Waals surface area contributed by atoms with Gasteiger partial charge in [-0.25, -0.2) is 16.8 Å². The SMILES string of the molecule is CCCC(=Cc1sc2cnccc2[n+]1CCCS(=O)(=O)[O-])C=C1Sc2ccc([N+]3=CCC=C3)cc2N1CCCCS(=O)(=O)[O-]. The summed E-state index contributed by atoms with van der Waals surface area (Å²) >= 11 is 3.22. The molecule has 0 spiro atoms. The topological polar surface area (TPSA) is 137 Å². The Labute approximate surface area is 266 Å². The van der Waals surface area contributed by atoms with Crippen LogP contribution >= 0.6 is 23.1 Å². The van der Waals surface area contributed by atoms with E-state index in [1.54, 1.807) is 35.5 Å².